The van der Waals surface area contributed by atoms with E-state index in [4.69, 9.17) is 15.9 Å². The predicted molar refractivity (Wildman–Crippen MR) is 97.1 cm³/mol. The van der Waals surface area contributed by atoms with E-state index in [2.05, 4.69) is 15.4 Å². The fourth-order valence-electron chi connectivity index (χ4n) is 2.70. The Kier molecular flexibility index (Phi) is 5.58. The quantitative estimate of drug-likeness (QED) is 0.634. The van der Waals surface area contributed by atoms with E-state index in [1.165, 1.54) is 0 Å². The molecule has 1 aromatic carbocycles. The van der Waals surface area contributed by atoms with Gasteiger partial charge < -0.3 is 4.90 Å². The largest absolute Gasteiger partial charge is 0.370 e. The maximum atomic E-state index is 12.2. The number of aryl methyl sites for hydroxylation is 1. The van der Waals surface area contributed by atoms with E-state index in [0.29, 0.717) is 5.15 Å². The van der Waals surface area contributed by atoms with Gasteiger partial charge in [0.2, 0.25) is 0 Å². The van der Waals surface area contributed by atoms with Gasteiger partial charge in [0.05, 0.1) is 16.8 Å². The van der Waals surface area contributed by atoms with Crippen LogP contribution in [0.25, 0.3) is 0 Å². The molecule has 1 N–H and O–H groups in total. The zero-order valence-corrected chi connectivity index (χ0v) is 15.4. The summed E-state index contributed by atoms with van der Waals surface area (Å²) < 4.78 is 29.4. The zero-order chi connectivity index (χ0) is 17.9. The van der Waals surface area contributed by atoms with Crippen molar-refractivity contribution in [2.24, 2.45) is 0 Å². The summed E-state index contributed by atoms with van der Waals surface area (Å²) in [6.45, 7) is 3.48. The third-order valence-electron chi connectivity index (χ3n) is 4.21. The number of nitrogens with one attached hydrogen (secondary N) is 1. The van der Waals surface area contributed by atoms with Crippen LogP contribution in [0.2, 0.25) is 5.15 Å². The monoisotopic (exact) mass is 381 g/mol. The summed E-state index contributed by atoms with van der Waals surface area (Å²) in [6, 6.07) is 10.3. The zero-order valence-electron chi connectivity index (χ0n) is 13.9. The summed E-state index contributed by atoms with van der Waals surface area (Å²) in [5, 5.41) is 0.468. The van der Waals surface area contributed by atoms with E-state index in [1.807, 2.05) is 13.0 Å². The Balaban J connectivity index is 1.52. The normalized spacial score (nSPS) is 16.2. The molecule has 1 aliphatic heterocycles. The molecule has 0 radical (unpaired) electrons. The average molecular weight is 382 g/mol. The molecule has 6 nitrogen and oxygen atoms in total. The number of hydrogen-bond donors (Lipinski definition) is 1. The fraction of sp³-hybridized carbons (Fsp3) is 0.353. The van der Waals surface area contributed by atoms with Crippen LogP contribution in [0.15, 0.2) is 47.5 Å². The SMILES string of the molecule is Cc1ccc(S(=O)(=O)ONC2CCN(c3ccc(Cl)nc3)CC2)cc1. The van der Waals surface area contributed by atoms with Crippen molar-refractivity contribution in [2.45, 2.75) is 30.7 Å². The molecule has 1 saturated heterocycles. The lowest BCUT2D eigenvalue weighted by molar-refractivity contribution is 0.148. The van der Waals surface area contributed by atoms with E-state index in [9.17, 15) is 8.42 Å². The van der Waals surface area contributed by atoms with E-state index in [1.54, 1.807) is 36.5 Å². The van der Waals surface area contributed by atoms with Crippen molar-refractivity contribution in [1.29, 1.82) is 0 Å². The molecule has 1 aromatic heterocycles. The molecule has 134 valence electrons. The summed E-state index contributed by atoms with van der Waals surface area (Å²) in [7, 11) is -3.80. The van der Waals surface area contributed by atoms with Crippen LogP contribution in [0.3, 0.4) is 0 Å². The van der Waals surface area contributed by atoms with Crippen molar-refractivity contribution in [1.82, 2.24) is 10.5 Å². The molecule has 2 heterocycles. The number of halogens is 1. The first kappa shape index (κ1) is 18.1. The van der Waals surface area contributed by atoms with Gasteiger partial charge in [-0.1, -0.05) is 29.3 Å². The highest BCUT2D eigenvalue weighted by Crippen LogP contribution is 2.21. The Morgan fingerprint density at radius 3 is 2.44 bits per heavy atom. The molecule has 0 unspecified atom stereocenters. The highest BCUT2D eigenvalue weighted by molar-refractivity contribution is 7.86. The molecule has 0 saturated carbocycles. The number of hydroxylamine groups is 1. The Bertz CT molecular complexity index is 802. The molecule has 1 fully saturated rings. The second kappa shape index (κ2) is 7.70. The third-order valence-corrected chi connectivity index (χ3v) is 5.59. The number of benzene rings is 1. The van der Waals surface area contributed by atoms with Gasteiger partial charge in [0.25, 0.3) is 0 Å². The van der Waals surface area contributed by atoms with Gasteiger partial charge in [0.1, 0.15) is 5.15 Å². The predicted octanol–water partition coefficient (Wildman–Crippen LogP) is 2.92. The summed E-state index contributed by atoms with van der Waals surface area (Å²) in [6.07, 6.45) is 3.28. The number of aromatic nitrogens is 1. The van der Waals surface area contributed by atoms with Gasteiger partial charge in [-0.3, -0.25) is 0 Å². The van der Waals surface area contributed by atoms with Crippen molar-refractivity contribution in [2.75, 3.05) is 18.0 Å². The minimum absolute atomic E-state index is 0.0169. The summed E-state index contributed by atoms with van der Waals surface area (Å²) in [4.78, 5) is 6.42. The molecule has 0 spiro atoms. The van der Waals surface area contributed by atoms with E-state index >= 15 is 0 Å². The third kappa shape index (κ3) is 4.70. The smallest absolute Gasteiger partial charge is 0.312 e. The van der Waals surface area contributed by atoms with E-state index < -0.39 is 10.1 Å². The molecule has 2 aromatic rings. The molecular weight excluding hydrogens is 362 g/mol. The highest BCUT2D eigenvalue weighted by atomic mass is 35.5. The fourth-order valence-corrected chi connectivity index (χ4v) is 3.64. The van der Waals surface area contributed by atoms with Crippen molar-refractivity contribution in [3.05, 3.63) is 53.3 Å². The first-order chi connectivity index (χ1) is 11.9. The van der Waals surface area contributed by atoms with Crippen LogP contribution in [-0.2, 0) is 14.4 Å². The molecule has 0 aliphatic carbocycles. The van der Waals surface area contributed by atoms with E-state index in [-0.39, 0.29) is 10.9 Å². The molecule has 25 heavy (non-hydrogen) atoms. The first-order valence-electron chi connectivity index (χ1n) is 8.06. The Morgan fingerprint density at radius 2 is 1.84 bits per heavy atom. The van der Waals surface area contributed by atoms with Gasteiger partial charge in [0, 0.05) is 19.1 Å². The standard InChI is InChI=1S/C17H20ClN3O3S/c1-13-2-5-16(6-3-13)25(22,23)24-20-14-8-10-21(11-9-14)15-4-7-17(18)19-12-15/h2-7,12,14,20H,8-11H2,1H3. The van der Waals surface area contributed by atoms with Gasteiger partial charge in [-0.25, -0.2) is 4.98 Å². The van der Waals surface area contributed by atoms with Gasteiger partial charge in [0.15, 0.2) is 0 Å². The van der Waals surface area contributed by atoms with Crippen molar-refractivity contribution >= 4 is 27.4 Å². The summed E-state index contributed by atoms with van der Waals surface area (Å²) >= 11 is 5.80. The van der Waals surface area contributed by atoms with Gasteiger partial charge in [-0.05, 0) is 44.0 Å². The van der Waals surface area contributed by atoms with Crippen molar-refractivity contribution in [3.63, 3.8) is 0 Å². The van der Waals surface area contributed by atoms with Gasteiger partial charge >= 0.3 is 10.1 Å². The Labute approximate surface area is 152 Å². The number of anilines is 1. The van der Waals surface area contributed by atoms with Crippen LogP contribution in [0.1, 0.15) is 18.4 Å². The molecule has 1 aliphatic rings. The maximum absolute atomic E-state index is 12.2. The van der Waals surface area contributed by atoms with Crippen LogP contribution >= 0.6 is 11.6 Å². The number of rotatable bonds is 5. The Morgan fingerprint density at radius 1 is 1.16 bits per heavy atom. The summed E-state index contributed by atoms with van der Waals surface area (Å²) in [5.74, 6) is 0. The second-order valence-electron chi connectivity index (χ2n) is 6.07. The van der Waals surface area contributed by atoms with Gasteiger partial charge in [-0.2, -0.15) is 18.2 Å². The van der Waals surface area contributed by atoms with E-state index in [0.717, 1.165) is 37.2 Å². The van der Waals surface area contributed by atoms with Crippen LogP contribution in [0.5, 0.6) is 0 Å². The first-order valence-corrected chi connectivity index (χ1v) is 9.85. The lowest BCUT2D eigenvalue weighted by Gasteiger charge is -2.33. The topological polar surface area (TPSA) is 71.5 Å². The second-order valence-corrected chi connectivity index (χ2v) is 8.00. The van der Waals surface area contributed by atoms with Crippen molar-refractivity contribution in [3.8, 4) is 0 Å². The summed E-state index contributed by atoms with van der Waals surface area (Å²) in [5.41, 5.74) is 4.71. The lowest BCUT2D eigenvalue weighted by atomic mass is 10.1. The minimum Gasteiger partial charge on any atom is -0.370 e. The molecule has 0 amide bonds. The Hall–Kier alpha value is -1.67. The lowest BCUT2D eigenvalue weighted by Crippen LogP contribution is -2.43. The maximum Gasteiger partial charge on any atom is 0.312 e. The number of pyridine rings is 1. The molecule has 0 bridgehead atoms. The molecule has 3 rings (SSSR count). The number of piperidine rings is 1. The highest BCUT2D eigenvalue weighted by Gasteiger charge is 2.23. The van der Waals surface area contributed by atoms with Crippen molar-refractivity contribution < 1.29 is 12.7 Å². The van der Waals surface area contributed by atoms with Crippen LogP contribution in [-0.4, -0.2) is 32.5 Å². The number of nitrogens with zero attached hydrogens (tertiary/aromatic N) is 2. The molecule has 8 heteroatoms. The number of hydrogen-bond acceptors (Lipinski definition) is 6. The van der Waals surface area contributed by atoms with Crippen LogP contribution in [0.4, 0.5) is 5.69 Å². The van der Waals surface area contributed by atoms with Gasteiger partial charge in [-0.15, -0.1) is 0 Å². The van der Waals surface area contributed by atoms with Crippen LogP contribution in [0, 0.1) is 6.92 Å². The molecule has 0 atom stereocenters. The minimum atomic E-state index is -3.80. The molecular formula is C17H20ClN3O3S. The van der Waals surface area contributed by atoms with Crippen LogP contribution < -0.4 is 10.4 Å². The average Bonchev–Trinajstić information content (AvgIpc) is 2.62.